The largest absolute Gasteiger partial charge is 0.256 e. The fourth-order valence-corrected chi connectivity index (χ4v) is 4.39. The molecule has 28 heavy (non-hydrogen) atoms. The van der Waals surface area contributed by atoms with Crippen LogP contribution in [0.4, 0.5) is 0 Å². The monoisotopic (exact) mass is 361 g/mol. The average molecular weight is 361 g/mol. The normalized spacial score (nSPS) is 11.7. The maximum absolute atomic E-state index is 4.74. The summed E-state index contributed by atoms with van der Waals surface area (Å²) in [6, 6.07) is 26.5. The van der Waals surface area contributed by atoms with Gasteiger partial charge in [0.05, 0.1) is 5.69 Å². The van der Waals surface area contributed by atoms with E-state index in [9.17, 15) is 0 Å². The molecule has 4 aromatic carbocycles. The highest BCUT2D eigenvalue weighted by atomic mass is 14.7. The lowest BCUT2D eigenvalue weighted by Crippen LogP contribution is -1.95. The Morgan fingerprint density at radius 1 is 0.643 bits per heavy atom. The van der Waals surface area contributed by atoms with E-state index in [0.29, 0.717) is 5.92 Å². The molecule has 0 bridgehead atoms. The number of rotatable bonds is 2. The van der Waals surface area contributed by atoms with Crippen molar-refractivity contribution in [3.05, 3.63) is 90.1 Å². The molecule has 0 unspecified atom stereocenters. The van der Waals surface area contributed by atoms with E-state index in [0.717, 1.165) is 5.69 Å². The molecule has 5 aromatic rings. The summed E-state index contributed by atoms with van der Waals surface area (Å²) < 4.78 is 0. The molecule has 0 saturated heterocycles. The number of pyridine rings is 1. The van der Waals surface area contributed by atoms with Gasteiger partial charge in [-0.2, -0.15) is 0 Å². The van der Waals surface area contributed by atoms with Crippen molar-refractivity contribution < 1.29 is 0 Å². The second-order valence-corrected chi connectivity index (χ2v) is 7.93. The quantitative estimate of drug-likeness (QED) is 0.294. The van der Waals surface area contributed by atoms with Crippen LogP contribution in [0.25, 0.3) is 43.6 Å². The third kappa shape index (κ3) is 2.58. The standard InChI is InChI=1S/C27H23N/c1-17(2)25-15-27(28-16-18(25)3)19-12-13-24-22-10-5-4-8-20(22)21-9-6-7-11-23(21)26(24)14-19/h4-17H,1-3H3. The van der Waals surface area contributed by atoms with Gasteiger partial charge in [0.15, 0.2) is 0 Å². The predicted molar refractivity (Wildman–Crippen MR) is 121 cm³/mol. The van der Waals surface area contributed by atoms with Crippen LogP contribution in [0.5, 0.6) is 0 Å². The number of nitrogens with zero attached hydrogens (tertiary/aromatic N) is 1. The number of fused-ring (bicyclic) bond motifs is 6. The summed E-state index contributed by atoms with van der Waals surface area (Å²) in [5.74, 6) is 0.493. The van der Waals surface area contributed by atoms with Crippen molar-refractivity contribution in [3.8, 4) is 11.3 Å². The summed E-state index contributed by atoms with van der Waals surface area (Å²) in [6.07, 6.45) is 2.01. The topological polar surface area (TPSA) is 12.9 Å². The van der Waals surface area contributed by atoms with E-state index in [1.54, 1.807) is 0 Å². The number of hydrogen-bond acceptors (Lipinski definition) is 1. The molecule has 1 heteroatoms. The molecule has 0 aliphatic rings. The maximum atomic E-state index is 4.74. The van der Waals surface area contributed by atoms with Crippen LogP contribution in [-0.4, -0.2) is 4.98 Å². The summed E-state index contributed by atoms with van der Waals surface area (Å²) in [4.78, 5) is 4.74. The second kappa shape index (κ2) is 6.45. The highest BCUT2D eigenvalue weighted by Crippen LogP contribution is 2.37. The van der Waals surface area contributed by atoms with Gasteiger partial charge in [0.1, 0.15) is 0 Å². The lowest BCUT2D eigenvalue weighted by Gasteiger charge is -2.14. The predicted octanol–water partition coefficient (Wildman–Crippen LogP) is 7.64. The molecular weight excluding hydrogens is 338 g/mol. The summed E-state index contributed by atoms with van der Waals surface area (Å²) in [6.45, 7) is 6.63. The van der Waals surface area contributed by atoms with Gasteiger partial charge in [-0.25, -0.2) is 0 Å². The minimum absolute atomic E-state index is 0.493. The zero-order valence-electron chi connectivity index (χ0n) is 16.5. The number of aromatic nitrogens is 1. The molecule has 1 heterocycles. The van der Waals surface area contributed by atoms with E-state index in [1.807, 2.05) is 6.20 Å². The van der Waals surface area contributed by atoms with Crippen molar-refractivity contribution >= 4 is 32.3 Å². The molecule has 136 valence electrons. The lowest BCUT2D eigenvalue weighted by atomic mass is 9.92. The van der Waals surface area contributed by atoms with Crippen LogP contribution in [0.1, 0.15) is 30.9 Å². The number of hydrogen-bond donors (Lipinski definition) is 0. The fourth-order valence-electron chi connectivity index (χ4n) is 4.39. The first-order chi connectivity index (χ1) is 13.6. The Morgan fingerprint density at radius 3 is 1.75 bits per heavy atom. The molecule has 0 N–H and O–H groups in total. The van der Waals surface area contributed by atoms with Crippen molar-refractivity contribution in [2.24, 2.45) is 0 Å². The Bertz CT molecular complexity index is 1310. The van der Waals surface area contributed by atoms with Gasteiger partial charge in [-0.1, -0.05) is 74.5 Å². The molecular formula is C27H23N. The van der Waals surface area contributed by atoms with Crippen LogP contribution < -0.4 is 0 Å². The first-order valence-electron chi connectivity index (χ1n) is 9.93. The van der Waals surface area contributed by atoms with E-state index >= 15 is 0 Å². The van der Waals surface area contributed by atoms with E-state index in [2.05, 4.69) is 93.6 Å². The van der Waals surface area contributed by atoms with E-state index < -0.39 is 0 Å². The van der Waals surface area contributed by atoms with Crippen LogP contribution in [0.3, 0.4) is 0 Å². The maximum Gasteiger partial charge on any atom is 0.0705 e. The van der Waals surface area contributed by atoms with Crippen LogP contribution in [0.2, 0.25) is 0 Å². The molecule has 0 spiro atoms. The van der Waals surface area contributed by atoms with Gasteiger partial charge in [-0.05, 0) is 68.4 Å². The summed E-state index contributed by atoms with van der Waals surface area (Å²) in [5.41, 5.74) is 4.85. The van der Waals surface area contributed by atoms with Crippen LogP contribution >= 0.6 is 0 Å². The van der Waals surface area contributed by atoms with Gasteiger partial charge in [-0.15, -0.1) is 0 Å². The van der Waals surface area contributed by atoms with Gasteiger partial charge in [0, 0.05) is 11.8 Å². The highest BCUT2D eigenvalue weighted by Gasteiger charge is 2.11. The lowest BCUT2D eigenvalue weighted by molar-refractivity contribution is 0.852. The summed E-state index contributed by atoms with van der Waals surface area (Å²) in [5, 5.41) is 7.82. The molecule has 0 saturated carbocycles. The van der Waals surface area contributed by atoms with Crippen molar-refractivity contribution in [3.63, 3.8) is 0 Å². The minimum Gasteiger partial charge on any atom is -0.256 e. The summed E-state index contributed by atoms with van der Waals surface area (Å²) >= 11 is 0. The number of aryl methyl sites for hydroxylation is 1. The molecule has 0 aliphatic heterocycles. The van der Waals surface area contributed by atoms with Crippen molar-refractivity contribution in [1.29, 1.82) is 0 Å². The van der Waals surface area contributed by atoms with Crippen molar-refractivity contribution in [2.45, 2.75) is 26.7 Å². The third-order valence-corrected chi connectivity index (χ3v) is 5.81. The molecule has 0 atom stereocenters. The molecule has 0 radical (unpaired) electrons. The second-order valence-electron chi connectivity index (χ2n) is 7.93. The molecule has 0 aliphatic carbocycles. The molecule has 0 amide bonds. The zero-order valence-corrected chi connectivity index (χ0v) is 16.5. The van der Waals surface area contributed by atoms with E-state index in [1.165, 1.54) is 49.0 Å². The third-order valence-electron chi connectivity index (χ3n) is 5.81. The van der Waals surface area contributed by atoms with Gasteiger partial charge >= 0.3 is 0 Å². The van der Waals surface area contributed by atoms with Crippen LogP contribution in [-0.2, 0) is 0 Å². The fraction of sp³-hybridized carbons (Fsp3) is 0.148. The highest BCUT2D eigenvalue weighted by molar-refractivity contribution is 6.25. The Morgan fingerprint density at radius 2 is 1.18 bits per heavy atom. The molecule has 1 nitrogen and oxygen atoms in total. The van der Waals surface area contributed by atoms with Gasteiger partial charge < -0.3 is 0 Å². The van der Waals surface area contributed by atoms with Crippen LogP contribution in [0.15, 0.2) is 79.0 Å². The van der Waals surface area contributed by atoms with Gasteiger partial charge in [0.2, 0.25) is 0 Å². The van der Waals surface area contributed by atoms with E-state index in [4.69, 9.17) is 4.98 Å². The Kier molecular flexibility index (Phi) is 3.91. The molecule has 0 fully saturated rings. The molecule has 5 rings (SSSR count). The first-order valence-corrected chi connectivity index (χ1v) is 9.93. The molecule has 1 aromatic heterocycles. The Hall–Kier alpha value is -3.19. The number of benzene rings is 4. The Labute approximate surface area is 165 Å². The van der Waals surface area contributed by atoms with Gasteiger partial charge in [-0.3, -0.25) is 4.98 Å². The summed E-state index contributed by atoms with van der Waals surface area (Å²) in [7, 11) is 0. The average Bonchev–Trinajstić information content (AvgIpc) is 2.74. The van der Waals surface area contributed by atoms with E-state index in [-0.39, 0.29) is 0 Å². The van der Waals surface area contributed by atoms with Crippen molar-refractivity contribution in [2.75, 3.05) is 0 Å². The van der Waals surface area contributed by atoms with Crippen LogP contribution in [0, 0.1) is 6.92 Å². The minimum atomic E-state index is 0.493. The zero-order chi connectivity index (χ0) is 19.3. The SMILES string of the molecule is Cc1cnc(-c2ccc3c4ccccc4c4ccccc4c3c2)cc1C(C)C. The Balaban J connectivity index is 1.84. The van der Waals surface area contributed by atoms with Gasteiger partial charge in [0.25, 0.3) is 0 Å². The first kappa shape index (κ1) is 16.9. The smallest absolute Gasteiger partial charge is 0.0705 e. The van der Waals surface area contributed by atoms with Crippen molar-refractivity contribution in [1.82, 2.24) is 4.98 Å².